The highest BCUT2D eigenvalue weighted by Crippen LogP contribution is 2.24. The average molecular weight is 221 g/mol. The van der Waals surface area contributed by atoms with Gasteiger partial charge in [-0.15, -0.1) is 0 Å². The summed E-state index contributed by atoms with van der Waals surface area (Å²) in [5.74, 6) is 1.97. The normalized spacial score (nSPS) is 24.6. The van der Waals surface area contributed by atoms with Gasteiger partial charge < -0.3 is 9.73 Å². The molecule has 1 aliphatic rings. The van der Waals surface area contributed by atoms with E-state index in [-0.39, 0.29) is 5.91 Å². The maximum atomic E-state index is 11.8. The molecule has 88 valence electrons. The fraction of sp³-hybridized carbons (Fsp3) is 0.615. The largest absolute Gasteiger partial charge is 0.456 e. The summed E-state index contributed by atoms with van der Waals surface area (Å²) < 4.78 is 5.42. The zero-order chi connectivity index (χ0) is 11.5. The number of nitrogens with one attached hydrogen (secondary N) is 1. The number of hydrogen-bond acceptors (Lipinski definition) is 2. The molecule has 3 nitrogen and oxygen atoms in total. The van der Waals surface area contributed by atoms with Crippen molar-refractivity contribution in [3.63, 3.8) is 0 Å². The van der Waals surface area contributed by atoms with Crippen molar-refractivity contribution in [1.82, 2.24) is 5.32 Å². The quantitative estimate of drug-likeness (QED) is 0.852. The third-order valence-corrected chi connectivity index (χ3v) is 3.26. The second-order valence-corrected chi connectivity index (χ2v) is 4.71. The summed E-state index contributed by atoms with van der Waals surface area (Å²) in [5.41, 5.74) is 0. The van der Waals surface area contributed by atoms with Gasteiger partial charge >= 0.3 is 0 Å². The first-order chi connectivity index (χ1) is 7.69. The van der Waals surface area contributed by atoms with Crippen molar-refractivity contribution in [3.8, 4) is 0 Å². The summed E-state index contributed by atoms with van der Waals surface area (Å²) in [7, 11) is 0. The number of carbonyl (C=O) groups excluding carboxylic acids is 1. The van der Waals surface area contributed by atoms with Crippen molar-refractivity contribution in [3.05, 3.63) is 23.7 Å². The van der Waals surface area contributed by atoms with Gasteiger partial charge in [0.2, 0.25) is 0 Å². The maximum absolute atomic E-state index is 11.8. The lowest BCUT2D eigenvalue weighted by Crippen LogP contribution is -2.32. The van der Waals surface area contributed by atoms with E-state index in [2.05, 4.69) is 12.2 Å². The molecule has 2 atom stereocenters. The van der Waals surface area contributed by atoms with Crippen LogP contribution < -0.4 is 5.32 Å². The van der Waals surface area contributed by atoms with Gasteiger partial charge in [0.05, 0.1) is 0 Å². The molecule has 0 aliphatic heterocycles. The van der Waals surface area contributed by atoms with Gasteiger partial charge in [-0.25, -0.2) is 0 Å². The van der Waals surface area contributed by atoms with Crippen LogP contribution in [0.1, 0.15) is 49.4 Å². The monoisotopic (exact) mass is 221 g/mol. The van der Waals surface area contributed by atoms with Crippen LogP contribution in [0.3, 0.4) is 0 Å². The Morgan fingerprint density at radius 3 is 2.88 bits per heavy atom. The minimum absolute atomic E-state index is 0.0706. The predicted octanol–water partition coefficient (Wildman–Crippen LogP) is 2.76. The highest BCUT2D eigenvalue weighted by molar-refractivity contribution is 5.91. The fourth-order valence-electron chi connectivity index (χ4n) is 2.28. The van der Waals surface area contributed by atoms with Crippen molar-refractivity contribution in [1.29, 1.82) is 0 Å². The standard InChI is InChI=1S/C13H19NO2/c1-3-11-6-7-12(16-11)13(15)14-10-5-4-9(2)8-10/h6-7,9-10H,3-5,8H2,1-2H3,(H,14,15). The number of rotatable bonds is 3. The van der Waals surface area contributed by atoms with Gasteiger partial charge in [-0.3, -0.25) is 4.79 Å². The lowest BCUT2D eigenvalue weighted by molar-refractivity contribution is 0.0907. The van der Waals surface area contributed by atoms with Crippen LogP contribution in [0.4, 0.5) is 0 Å². The molecule has 1 fully saturated rings. The van der Waals surface area contributed by atoms with E-state index in [4.69, 9.17) is 4.42 Å². The van der Waals surface area contributed by atoms with Crippen LogP contribution in [0.2, 0.25) is 0 Å². The summed E-state index contributed by atoms with van der Waals surface area (Å²) >= 11 is 0. The Morgan fingerprint density at radius 2 is 2.31 bits per heavy atom. The van der Waals surface area contributed by atoms with E-state index in [9.17, 15) is 4.79 Å². The highest BCUT2D eigenvalue weighted by Gasteiger charge is 2.23. The molecule has 16 heavy (non-hydrogen) atoms. The molecule has 3 heteroatoms. The van der Waals surface area contributed by atoms with Crippen LogP contribution in [-0.2, 0) is 6.42 Å². The van der Waals surface area contributed by atoms with Gasteiger partial charge in [-0.05, 0) is 37.3 Å². The molecule has 2 unspecified atom stereocenters. The van der Waals surface area contributed by atoms with Gasteiger partial charge in [0.25, 0.3) is 5.91 Å². The number of hydrogen-bond donors (Lipinski definition) is 1. The third kappa shape index (κ3) is 2.46. The number of carbonyl (C=O) groups is 1. The number of aryl methyl sites for hydroxylation is 1. The van der Waals surface area contributed by atoms with Crippen LogP contribution in [-0.4, -0.2) is 11.9 Å². The van der Waals surface area contributed by atoms with Crippen molar-refractivity contribution in [2.75, 3.05) is 0 Å². The molecule has 0 saturated heterocycles. The van der Waals surface area contributed by atoms with Crippen LogP contribution >= 0.6 is 0 Å². The molecule has 2 rings (SSSR count). The molecule has 0 bridgehead atoms. The number of amides is 1. The molecule has 1 aliphatic carbocycles. The van der Waals surface area contributed by atoms with Crippen LogP contribution in [0.15, 0.2) is 16.5 Å². The van der Waals surface area contributed by atoms with Crippen LogP contribution in [0.5, 0.6) is 0 Å². The maximum Gasteiger partial charge on any atom is 0.287 e. The second kappa shape index (κ2) is 4.73. The first-order valence-electron chi connectivity index (χ1n) is 6.08. The van der Waals surface area contributed by atoms with E-state index < -0.39 is 0 Å². The molecule has 1 aromatic heterocycles. The number of furan rings is 1. The molecule has 1 aromatic rings. The molecule has 0 radical (unpaired) electrons. The molecule has 1 N–H and O–H groups in total. The first kappa shape index (κ1) is 11.2. The molecule has 1 amide bonds. The Bertz CT molecular complexity index is 370. The van der Waals surface area contributed by atoms with E-state index in [1.54, 1.807) is 6.07 Å². The van der Waals surface area contributed by atoms with Gasteiger partial charge in [-0.2, -0.15) is 0 Å². The summed E-state index contributed by atoms with van der Waals surface area (Å²) in [6, 6.07) is 3.95. The van der Waals surface area contributed by atoms with E-state index in [1.165, 1.54) is 6.42 Å². The summed E-state index contributed by atoms with van der Waals surface area (Å²) in [6.45, 7) is 4.24. The zero-order valence-electron chi connectivity index (χ0n) is 9.95. The molecule has 0 aromatic carbocycles. The Kier molecular flexibility index (Phi) is 3.32. The summed E-state index contributed by atoms with van der Waals surface area (Å²) in [4.78, 5) is 11.8. The van der Waals surface area contributed by atoms with Crippen LogP contribution in [0, 0.1) is 5.92 Å². The van der Waals surface area contributed by atoms with Crippen molar-refractivity contribution in [2.24, 2.45) is 5.92 Å². The highest BCUT2D eigenvalue weighted by atomic mass is 16.3. The van der Waals surface area contributed by atoms with Crippen molar-refractivity contribution in [2.45, 2.75) is 45.6 Å². The topological polar surface area (TPSA) is 42.2 Å². The third-order valence-electron chi connectivity index (χ3n) is 3.26. The Hall–Kier alpha value is -1.25. The average Bonchev–Trinajstić information content (AvgIpc) is 2.87. The second-order valence-electron chi connectivity index (χ2n) is 4.71. The minimum Gasteiger partial charge on any atom is -0.456 e. The molecular weight excluding hydrogens is 202 g/mol. The molecule has 1 saturated carbocycles. The van der Waals surface area contributed by atoms with Gasteiger partial charge in [0.15, 0.2) is 5.76 Å². The van der Waals surface area contributed by atoms with Gasteiger partial charge in [0.1, 0.15) is 5.76 Å². The summed E-state index contributed by atoms with van der Waals surface area (Å²) in [5, 5.41) is 3.03. The lowest BCUT2D eigenvalue weighted by Gasteiger charge is -2.10. The Labute approximate surface area is 96.2 Å². The molecule has 1 heterocycles. The smallest absolute Gasteiger partial charge is 0.287 e. The molecular formula is C13H19NO2. The van der Waals surface area contributed by atoms with Gasteiger partial charge in [-0.1, -0.05) is 13.8 Å². The Balaban J connectivity index is 1.92. The first-order valence-corrected chi connectivity index (χ1v) is 6.08. The van der Waals surface area contributed by atoms with E-state index in [0.29, 0.717) is 11.8 Å². The lowest BCUT2D eigenvalue weighted by atomic mass is 10.1. The Morgan fingerprint density at radius 1 is 1.50 bits per heavy atom. The predicted molar refractivity (Wildman–Crippen MR) is 62.4 cm³/mol. The minimum atomic E-state index is -0.0706. The SMILES string of the molecule is CCc1ccc(C(=O)NC2CCC(C)C2)o1. The zero-order valence-corrected chi connectivity index (χ0v) is 9.95. The summed E-state index contributed by atoms with van der Waals surface area (Å²) in [6.07, 6.45) is 4.22. The fourth-order valence-corrected chi connectivity index (χ4v) is 2.28. The van der Waals surface area contributed by atoms with E-state index >= 15 is 0 Å². The van der Waals surface area contributed by atoms with Crippen LogP contribution in [0.25, 0.3) is 0 Å². The molecule has 0 spiro atoms. The van der Waals surface area contributed by atoms with E-state index in [1.807, 2.05) is 13.0 Å². The van der Waals surface area contributed by atoms with Crippen molar-refractivity contribution >= 4 is 5.91 Å². The van der Waals surface area contributed by atoms with Crippen molar-refractivity contribution < 1.29 is 9.21 Å². The van der Waals surface area contributed by atoms with E-state index in [0.717, 1.165) is 30.9 Å². The van der Waals surface area contributed by atoms with Gasteiger partial charge in [0, 0.05) is 12.5 Å².